The third-order valence-electron chi connectivity index (χ3n) is 0.987. The minimum atomic E-state index is -5.08. The van der Waals surface area contributed by atoms with Crippen LogP contribution in [0.1, 0.15) is 0 Å². The first-order valence-corrected chi connectivity index (χ1v) is 3.40. The summed E-state index contributed by atoms with van der Waals surface area (Å²) < 4.78 is 41.6. The molecule has 1 rings (SSSR count). The van der Waals surface area contributed by atoms with Crippen LogP contribution in [0.2, 0.25) is 0 Å². The topological polar surface area (TPSA) is 87.3 Å². The summed E-state index contributed by atoms with van der Waals surface area (Å²) in [7, 11) is 0. The van der Waals surface area contributed by atoms with Gasteiger partial charge in [0.15, 0.2) is 0 Å². The largest absolute Gasteiger partial charge is 0.490 e. The van der Waals surface area contributed by atoms with Gasteiger partial charge in [-0.2, -0.15) is 13.2 Å². The summed E-state index contributed by atoms with van der Waals surface area (Å²) in [5, 5.41) is 7.12. The van der Waals surface area contributed by atoms with Crippen molar-refractivity contribution < 1.29 is 38.0 Å². The zero-order valence-corrected chi connectivity index (χ0v) is 7.13. The normalized spacial score (nSPS) is 15.9. The van der Waals surface area contributed by atoms with Crippen LogP contribution in [0, 0.1) is 0 Å². The van der Waals surface area contributed by atoms with Gasteiger partial charge in [0.05, 0.1) is 26.4 Å². The Kier molecular flexibility index (Phi) is 8.40. The van der Waals surface area contributed by atoms with Gasteiger partial charge in [-0.25, -0.2) is 4.79 Å². The standard InChI is InChI=1S/C4H8O2.C2HF3O2.H2O/c1-2-6-4-3-5-1;3-2(4,5)1(6)7;/h1-4H2;(H,6,7);1H2. The van der Waals surface area contributed by atoms with E-state index >= 15 is 0 Å². The molecule has 1 saturated heterocycles. The summed E-state index contributed by atoms with van der Waals surface area (Å²) in [6.45, 7) is 3.11. The lowest BCUT2D eigenvalue weighted by Gasteiger charge is -2.09. The van der Waals surface area contributed by atoms with Crippen LogP contribution in [0.25, 0.3) is 0 Å². The molecular weight excluding hydrogens is 209 g/mol. The van der Waals surface area contributed by atoms with E-state index in [-0.39, 0.29) is 5.48 Å². The zero-order valence-electron chi connectivity index (χ0n) is 7.13. The molecule has 8 heteroatoms. The van der Waals surface area contributed by atoms with E-state index in [1.54, 1.807) is 0 Å². The van der Waals surface area contributed by atoms with E-state index in [1.165, 1.54) is 0 Å². The third-order valence-corrected chi connectivity index (χ3v) is 0.987. The summed E-state index contributed by atoms with van der Waals surface area (Å²) in [6, 6.07) is 0. The van der Waals surface area contributed by atoms with Gasteiger partial charge in [0.25, 0.3) is 0 Å². The SMILES string of the molecule is C1COCCO1.O.O=C(O)C(F)(F)F. The summed E-state index contributed by atoms with van der Waals surface area (Å²) >= 11 is 0. The molecule has 5 nitrogen and oxygen atoms in total. The molecule has 86 valence electrons. The number of aliphatic carboxylic acids is 1. The molecule has 0 aliphatic carbocycles. The van der Waals surface area contributed by atoms with E-state index in [0.717, 1.165) is 26.4 Å². The number of alkyl halides is 3. The second-order valence-corrected chi connectivity index (χ2v) is 2.03. The van der Waals surface area contributed by atoms with Crippen LogP contribution in [0.15, 0.2) is 0 Å². The van der Waals surface area contributed by atoms with Crippen LogP contribution in [0.5, 0.6) is 0 Å². The fourth-order valence-corrected chi connectivity index (χ4v) is 0.440. The van der Waals surface area contributed by atoms with Crippen molar-refractivity contribution in [1.29, 1.82) is 0 Å². The second kappa shape index (κ2) is 7.54. The summed E-state index contributed by atoms with van der Waals surface area (Å²) in [5.41, 5.74) is 0. The predicted octanol–water partition coefficient (Wildman–Crippen LogP) is -0.158. The van der Waals surface area contributed by atoms with Crippen molar-refractivity contribution >= 4 is 5.97 Å². The quantitative estimate of drug-likeness (QED) is 0.614. The molecule has 3 N–H and O–H groups in total. The number of ether oxygens (including phenoxy) is 2. The Balaban J connectivity index is 0. The van der Waals surface area contributed by atoms with Crippen molar-refractivity contribution in [3.8, 4) is 0 Å². The van der Waals surface area contributed by atoms with Crippen molar-refractivity contribution in [3.05, 3.63) is 0 Å². The van der Waals surface area contributed by atoms with Gasteiger partial charge in [0.1, 0.15) is 0 Å². The van der Waals surface area contributed by atoms with E-state index in [1.807, 2.05) is 0 Å². The minimum Gasteiger partial charge on any atom is -0.475 e. The van der Waals surface area contributed by atoms with Gasteiger partial charge >= 0.3 is 12.1 Å². The Morgan fingerprint density at radius 1 is 1.07 bits per heavy atom. The Morgan fingerprint density at radius 3 is 1.36 bits per heavy atom. The lowest BCUT2D eigenvalue weighted by Crippen LogP contribution is -2.21. The predicted molar refractivity (Wildman–Crippen MR) is 38.9 cm³/mol. The molecule has 0 bridgehead atoms. The number of rotatable bonds is 0. The van der Waals surface area contributed by atoms with Gasteiger partial charge in [-0.05, 0) is 0 Å². The van der Waals surface area contributed by atoms with Crippen LogP contribution >= 0.6 is 0 Å². The highest BCUT2D eigenvalue weighted by Crippen LogP contribution is 2.13. The van der Waals surface area contributed by atoms with Crippen LogP contribution in [-0.4, -0.2) is 49.2 Å². The Morgan fingerprint density at radius 2 is 1.29 bits per heavy atom. The summed E-state index contributed by atoms with van der Waals surface area (Å²) in [4.78, 5) is 8.90. The average molecular weight is 220 g/mol. The van der Waals surface area contributed by atoms with Gasteiger partial charge in [-0.1, -0.05) is 0 Å². The fourth-order valence-electron chi connectivity index (χ4n) is 0.440. The molecule has 0 atom stereocenters. The molecule has 0 aromatic carbocycles. The zero-order chi connectivity index (χ0) is 10.3. The first kappa shape index (κ1) is 15.6. The van der Waals surface area contributed by atoms with Gasteiger partial charge in [-0.15, -0.1) is 0 Å². The number of carboxylic acid groups (broad SMARTS) is 1. The minimum absolute atomic E-state index is 0. The molecule has 0 saturated carbocycles. The molecule has 0 amide bonds. The first-order valence-electron chi connectivity index (χ1n) is 3.40. The molecule has 0 unspecified atom stereocenters. The van der Waals surface area contributed by atoms with E-state index in [4.69, 9.17) is 19.4 Å². The molecule has 1 aliphatic rings. The van der Waals surface area contributed by atoms with Crippen LogP contribution in [0.4, 0.5) is 13.2 Å². The van der Waals surface area contributed by atoms with Gasteiger partial charge in [0, 0.05) is 0 Å². The fraction of sp³-hybridized carbons (Fsp3) is 0.833. The van der Waals surface area contributed by atoms with Crippen LogP contribution < -0.4 is 0 Å². The highest BCUT2D eigenvalue weighted by Gasteiger charge is 2.38. The number of hydrogen-bond donors (Lipinski definition) is 1. The Hall–Kier alpha value is -0.860. The first-order chi connectivity index (χ1) is 5.94. The molecule has 1 heterocycles. The van der Waals surface area contributed by atoms with Crippen LogP contribution in [0.3, 0.4) is 0 Å². The second-order valence-electron chi connectivity index (χ2n) is 2.03. The number of carboxylic acids is 1. The van der Waals surface area contributed by atoms with Crippen molar-refractivity contribution in [1.82, 2.24) is 0 Å². The Bertz CT molecular complexity index is 143. The monoisotopic (exact) mass is 220 g/mol. The van der Waals surface area contributed by atoms with E-state index in [0.29, 0.717) is 0 Å². The van der Waals surface area contributed by atoms with Crippen molar-refractivity contribution in [2.24, 2.45) is 0 Å². The number of halogens is 3. The molecule has 14 heavy (non-hydrogen) atoms. The van der Waals surface area contributed by atoms with E-state index in [2.05, 4.69) is 0 Å². The summed E-state index contributed by atoms with van der Waals surface area (Å²) in [6.07, 6.45) is -5.08. The summed E-state index contributed by atoms with van der Waals surface area (Å²) in [5.74, 6) is -2.76. The Labute approximate surface area is 77.7 Å². The van der Waals surface area contributed by atoms with E-state index in [9.17, 15) is 13.2 Å². The molecule has 0 aromatic heterocycles. The lowest BCUT2D eigenvalue weighted by atomic mass is 10.6. The molecule has 0 radical (unpaired) electrons. The lowest BCUT2D eigenvalue weighted by molar-refractivity contribution is -0.192. The van der Waals surface area contributed by atoms with Crippen LogP contribution in [-0.2, 0) is 14.3 Å². The smallest absolute Gasteiger partial charge is 0.475 e. The van der Waals surface area contributed by atoms with Crippen molar-refractivity contribution in [2.45, 2.75) is 6.18 Å². The molecule has 0 spiro atoms. The maximum atomic E-state index is 10.6. The average Bonchev–Trinajstić information content (AvgIpc) is 2.07. The maximum Gasteiger partial charge on any atom is 0.490 e. The molecule has 0 aromatic rings. The molecule has 1 aliphatic heterocycles. The molecular formula is C6H11F3O5. The van der Waals surface area contributed by atoms with Gasteiger partial charge < -0.3 is 20.1 Å². The van der Waals surface area contributed by atoms with Gasteiger partial charge in [0.2, 0.25) is 0 Å². The number of hydrogen-bond acceptors (Lipinski definition) is 3. The maximum absolute atomic E-state index is 10.6. The van der Waals surface area contributed by atoms with E-state index < -0.39 is 12.1 Å². The highest BCUT2D eigenvalue weighted by molar-refractivity contribution is 5.73. The molecule has 1 fully saturated rings. The van der Waals surface area contributed by atoms with Gasteiger partial charge in [-0.3, -0.25) is 0 Å². The van der Waals surface area contributed by atoms with Crippen molar-refractivity contribution in [3.63, 3.8) is 0 Å². The van der Waals surface area contributed by atoms with Crippen molar-refractivity contribution in [2.75, 3.05) is 26.4 Å². The number of carbonyl (C=O) groups is 1. The third kappa shape index (κ3) is 9.23. The highest BCUT2D eigenvalue weighted by atomic mass is 19.4.